The molecule has 0 heterocycles. The summed E-state index contributed by atoms with van der Waals surface area (Å²) in [4.78, 5) is 13.7. The van der Waals surface area contributed by atoms with E-state index in [0.29, 0.717) is 13.0 Å². The van der Waals surface area contributed by atoms with E-state index in [4.69, 9.17) is 0 Å². The first-order valence-corrected chi connectivity index (χ1v) is 6.30. The van der Waals surface area contributed by atoms with E-state index >= 15 is 0 Å². The molecule has 0 fully saturated rings. The van der Waals surface area contributed by atoms with Crippen LogP contribution in [0.3, 0.4) is 0 Å². The van der Waals surface area contributed by atoms with E-state index in [1.807, 2.05) is 19.2 Å². The third-order valence-electron chi connectivity index (χ3n) is 2.69. The lowest BCUT2D eigenvalue weighted by molar-refractivity contribution is -0.116. The van der Waals surface area contributed by atoms with Gasteiger partial charge in [0.1, 0.15) is 0 Å². The summed E-state index contributed by atoms with van der Waals surface area (Å²) in [6.07, 6.45) is 1.53. The van der Waals surface area contributed by atoms with Gasteiger partial charge in [0.15, 0.2) is 0 Å². The van der Waals surface area contributed by atoms with Crippen molar-refractivity contribution in [2.24, 2.45) is 0 Å². The topological polar surface area (TPSA) is 44.4 Å². The second kappa shape index (κ2) is 12.0. The summed E-state index contributed by atoms with van der Waals surface area (Å²) >= 11 is 0. The molecular weight excluding hydrogens is 297 g/mol. The van der Waals surface area contributed by atoms with Gasteiger partial charge in [-0.1, -0.05) is 12.1 Å². The van der Waals surface area contributed by atoms with Crippen molar-refractivity contribution in [2.75, 3.05) is 39.5 Å². The van der Waals surface area contributed by atoms with Crippen LogP contribution in [0, 0.1) is 0 Å². The van der Waals surface area contributed by atoms with Crippen molar-refractivity contribution in [1.82, 2.24) is 10.2 Å². The number of carbonyl (C=O) groups excluding carboxylic acids is 1. The Hall–Kier alpha value is -0.810. The Morgan fingerprint density at radius 2 is 1.75 bits per heavy atom. The minimum Gasteiger partial charge on any atom is -0.326 e. The van der Waals surface area contributed by atoms with Gasteiger partial charge in [-0.2, -0.15) is 0 Å². The molecule has 0 saturated carbocycles. The minimum atomic E-state index is 0. The first-order valence-electron chi connectivity index (χ1n) is 6.30. The molecule has 2 N–H and O–H groups in total. The maximum atomic E-state index is 11.5. The predicted molar refractivity (Wildman–Crippen MR) is 90.4 cm³/mol. The Labute approximate surface area is 134 Å². The number of halogens is 2. The first kappa shape index (κ1) is 21.5. The molecule has 4 nitrogen and oxygen atoms in total. The molecule has 1 aromatic rings. The molecule has 0 aromatic heterocycles. The molecule has 0 radical (unpaired) electrons. The number of hydrogen-bond donors (Lipinski definition) is 2. The van der Waals surface area contributed by atoms with Gasteiger partial charge in [-0.3, -0.25) is 4.79 Å². The van der Waals surface area contributed by atoms with Crippen LogP contribution in [0.1, 0.15) is 12.0 Å². The van der Waals surface area contributed by atoms with Gasteiger partial charge in [0.25, 0.3) is 0 Å². The molecule has 0 unspecified atom stereocenters. The largest absolute Gasteiger partial charge is 0.326 e. The highest BCUT2D eigenvalue weighted by atomic mass is 35.5. The Morgan fingerprint density at radius 1 is 1.15 bits per heavy atom. The molecule has 1 rings (SSSR count). The normalized spacial score (nSPS) is 9.60. The summed E-state index contributed by atoms with van der Waals surface area (Å²) in [5.74, 6) is 0.0467. The van der Waals surface area contributed by atoms with E-state index in [0.717, 1.165) is 18.7 Å². The predicted octanol–water partition coefficient (Wildman–Crippen LogP) is 2.18. The highest BCUT2D eigenvalue weighted by molar-refractivity contribution is 5.90. The molecule has 0 aliphatic heterocycles. The fourth-order valence-corrected chi connectivity index (χ4v) is 1.57. The maximum absolute atomic E-state index is 11.5. The lowest BCUT2D eigenvalue weighted by Gasteiger charge is -2.10. The molecule has 0 atom stereocenters. The van der Waals surface area contributed by atoms with Crippen LogP contribution >= 0.6 is 24.8 Å². The Bertz CT molecular complexity index is 369. The quantitative estimate of drug-likeness (QED) is 0.809. The Balaban J connectivity index is 0. The van der Waals surface area contributed by atoms with Gasteiger partial charge >= 0.3 is 0 Å². The summed E-state index contributed by atoms with van der Waals surface area (Å²) < 4.78 is 0. The van der Waals surface area contributed by atoms with Crippen LogP contribution in [0.5, 0.6) is 0 Å². The van der Waals surface area contributed by atoms with Crippen molar-refractivity contribution in [1.29, 1.82) is 0 Å². The van der Waals surface area contributed by atoms with Crippen molar-refractivity contribution in [3.63, 3.8) is 0 Å². The monoisotopic (exact) mass is 321 g/mol. The van der Waals surface area contributed by atoms with Crippen LogP contribution in [0.15, 0.2) is 24.3 Å². The summed E-state index contributed by atoms with van der Waals surface area (Å²) in [6, 6.07) is 8.05. The number of carbonyl (C=O) groups is 1. The van der Waals surface area contributed by atoms with Crippen molar-refractivity contribution in [2.45, 2.75) is 12.8 Å². The fraction of sp³-hybridized carbons (Fsp3) is 0.500. The van der Waals surface area contributed by atoms with Gasteiger partial charge in [-0.05, 0) is 45.3 Å². The fourth-order valence-electron chi connectivity index (χ4n) is 1.57. The molecule has 6 heteroatoms. The van der Waals surface area contributed by atoms with Crippen LogP contribution in [-0.4, -0.2) is 45.0 Å². The van der Waals surface area contributed by atoms with Gasteiger partial charge in [-0.15, -0.1) is 24.8 Å². The maximum Gasteiger partial charge on any atom is 0.225 e. The van der Waals surface area contributed by atoms with Crippen molar-refractivity contribution >= 4 is 36.4 Å². The average molecular weight is 322 g/mol. The molecule has 0 aliphatic rings. The standard InChI is InChI=1S/C14H23N3O.2ClH/c1-15-10-8-14(18)16-13-6-4-12(5-7-13)9-11-17(2)3;;/h4-7,15H,8-11H2,1-3H3,(H,16,18);2*1H. The van der Waals surface area contributed by atoms with Gasteiger partial charge in [0.2, 0.25) is 5.91 Å². The van der Waals surface area contributed by atoms with Crippen LogP contribution in [0.2, 0.25) is 0 Å². The lowest BCUT2D eigenvalue weighted by Crippen LogP contribution is -2.18. The zero-order valence-corrected chi connectivity index (χ0v) is 13.9. The molecular formula is C14H25Cl2N3O. The van der Waals surface area contributed by atoms with Crippen LogP contribution in [-0.2, 0) is 11.2 Å². The number of anilines is 1. The highest BCUT2D eigenvalue weighted by Crippen LogP contribution is 2.10. The smallest absolute Gasteiger partial charge is 0.225 e. The van der Waals surface area contributed by atoms with E-state index in [-0.39, 0.29) is 30.7 Å². The van der Waals surface area contributed by atoms with Gasteiger partial charge in [-0.25, -0.2) is 0 Å². The number of amides is 1. The minimum absolute atomic E-state index is 0. The zero-order chi connectivity index (χ0) is 13.4. The molecule has 116 valence electrons. The summed E-state index contributed by atoms with van der Waals surface area (Å²) in [5.41, 5.74) is 2.15. The number of likely N-dealkylation sites (N-methyl/N-ethyl adjacent to an activating group) is 1. The molecule has 1 aromatic carbocycles. The van der Waals surface area contributed by atoms with E-state index in [9.17, 15) is 4.79 Å². The van der Waals surface area contributed by atoms with Gasteiger partial charge < -0.3 is 15.5 Å². The lowest BCUT2D eigenvalue weighted by atomic mass is 10.1. The van der Waals surface area contributed by atoms with E-state index in [1.54, 1.807) is 0 Å². The number of nitrogens with zero attached hydrogens (tertiary/aromatic N) is 1. The van der Waals surface area contributed by atoms with Crippen LogP contribution < -0.4 is 10.6 Å². The average Bonchev–Trinajstić information content (AvgIpc) is 2.35. The molecule has 1 amide bonds. The second-order valence-electron chi connectivity index (χ2n) is 4.65. The second-order valence-corrected chi connectivity index (χ2v) is 4.65. The Kier molecular flexibility index (Phi) is 12.9. The third kappa shape index (κ3) is 9.15. The number of hydrogen-bond acceptors (Lipinski definition) is 3. The molecule has 20 heavy (non-hydrogen) atoms. The van der Waals surface area contributed by atoms with E-state index < -0.39 is 0 Å². The first-order chi connectivity index (χ1) is 8.61. The third-order valence-corrected chi connectivity index (χ3v) is 2.69. The number of nitrogens with one attached hydrogen (secondary N) is 2. The van der Waals surface area contributed by atoms with E-state index in [2.05, 4.69) is 41.8 Å². The van der Waals surface area contributed by atoms with Crippen molar-refractivity contribution < 1.29 is 4.79 Å². The number of rotatable bonds is 7. The van der Waals surface area contributed by atoms with Crippen molar-refractivity contribution in [3.8, 4) is 0 Å². The molecule has 0 saturated heterocycles. The molecule has 0 aliphatic carbocycles. The van der Waals surface area contributed by atoms with Crippen LogP contribution in [0.4, 0.5) is 5.69 Å². The SMILES string of the molecule is CNCCC(=O)Nc1ccc(CCN(C)C)cc1.Cl.Cl. The summed E-state index contributed by atoms with van der Waals surface area (Å²) in [5, 5.41) is 5.83. The van der Waals surface area contributed by atoms with Crippen molar-refractivity contribution in [3.05, 3.63) is 29.8 Å². The van der Waals surface area contributed by atoms with Gasteiger partial charge in [0, 0.05) is 25.2 Å². The Morgan fingerprint density at radius 3 is 2.25 bits per heavy atom. The van der Waals surface area contributed by atoms with E-state index in [1.165, 1.54) is 5.56 Å². The number of benzene rings is 1. The molecule has 0 bridgehead atoms. The van der Waals surface area contributed by atoms with Crippen LogP contribution in [0.25, 0.3) is 0 Å². The van der Waals surface area contributed by atoms with Gasteiger partial charge in [0.05, 0.1) is 0 Å². The summed E-state index contributed by atoms with van der Waals surface area (Å²) in [6.45, 7) is 1.74. The zero-order valence-electron chi connectivity index (χ0n) is 12.3. The molecule has 0 spiro atoms. The highest BCUT2D eigenvalue weighted by Gasteiger charge is 2.01. The summed E-state index contributed by atoms with van der Waals surface area (Å²) in [7, 11) is 5.97.